The molecule has 0 saturated heterocycles. The average Bonchev–Trinajstić information content (AvgIpc) is 2.86. The third kappa shape index (κ3) is 5.42. The van der Waals surface area contributed by atoms with Crippen LogP contribution in [0.25, 0.3) is 22.2 Å². The fraction of sp³-hybridized carbons (Fsp3) is 0.323. The van der Waals surface area contributed by atoms with Gasteiger partial charge in [-0.15, -0.1) is 0 Å². The highest BCUT2D eigenvalue weighted by atomic mass is 16.3. The Labute approximate surface area is 223 Å². The monoisotopic (exact) mass is 512 g/mol. The van der Waals surface area contributed by atoms with Crippen LogP contribution in [0.1, 0.15) is 64.5 Å². The number of hydrogen-bond donors (Lipinski definition) is 3. The molecule has 7 nitrogen and oxygen atoms in total. The lowest BCUT2D eigenvalue weighted by molar-refractivity contribution is 0.262. The second-order valence-corrected chi connectivity index (χ2v) is 10.7. The standard InChI is InChI=1S/C31H36N4O3/c1-18(2)17-35-29-25(14-9-15-32-29)26(21-10-7-11-22(36)16-21)28(30(35)37)34-31(38)33-27-23(19(3)4)12-8-13-24(27)20(5)6/h7-16,18-20,36H,17H2,1-6H3,(H2,33,34,38). The molecule has 0 fully saturated rings. The van der Waals surface area contributed by atoms with Gasteiger partial charge in [0, 0.05) is 29.4 Å². The number of aromatic nitrogens is 2. The molecule has 0 aliphatic carbocycles. The third-order valence-electron chi connectivity index (χ3n) is 6.55. The van der Waals surface area contributed by atoms with Crippen LogP contribution in [-0.2, 0) is 6.54 Å². The zero-order valence-electron chi connectivity index (χ0n) is 22.9. The van der Waals surface area contributed by atoms with Gasteiger partial charge in [0.25, 0.3) is 5.56 Å². The highest BCUT2D eigenvalue weighted by Gasteiger charge is 2.23. The van der Waals surface area contributed by atoms with E-state index >= 15 is 0 Å². The van der Waals surface area contributed by atoms with Gasteiger partial charge in [-0.3, -0.25) is 9.36 Å². The van der Waals surface area contributed by atoms with Gasteiger partial charge in [-0.25, -0.2) is 9.78 Å². The summed E-state index contributed by atoms with van der Waals surface area (Å²) in [5, 5.41) is 16.9. The first-order chi connectivity index (χ1) is 18.1. The lowest BCUT2D eigenvalue weighted by Crippen LogP contribution is -2.31. The quantitative estimate of drug-likeness (QED) is 0.242. The van der Waals surface area contributed by atoms with Gasteiger partial charge in [-0.2, -0.15) is 0 Å². The third-order valence-corrected chi connectivity index (χ3v) is 6.55. The molecule has 0 aliphatic heterocycles. The van der Waals surface area contributed by atoms with E-state index in [0.717, 1.165) is 16.8 Å². The number of phenols is 1. The van der Waals surface area contributed by atoms with Crippen molar-refractivity contribution in [1.29, 1.82) is 0 Å². The molecule has 38 heavy (non-hydrogen) atoms. The van der Waals surface area contributed by atoms with Crippen LogP contribution in [0, 0.1) is 5.92 Å². The smallest absolute Gasteiger partial charge is 0.323 e. The van der Waals surface area contributed by atoms with Crippen molar-refractivity contribution < 1.29 is 9.90 Å². The van der Waals surface area contributed by atoms with Crippen LogP contribution in [-0.4, -0.2) is 20.7 Å². The normalized spacial score (nSPS) is 11.5. The summed E-state index contributed by atoms with van der Waals surface area (Å²) in [5.41, 5.74) is 4.27. The number of nitrogens with zero attached hydrogens (tertiary/aromatic N) is 2. The highest BCUT2D eigenvalue weighted by molar-refractivity contribution is 6.07. The second kappa shape index (κ2) is 11.1. The molecule has 2 aromatic heterocycles. The Hall–Kier alpha value is -4.13. The van der Waals surface area contributed by atoms with Gasteiger partial charge in [0.15, 0.2) is 0 Å². The first-order valence-electron chi connectivity index (χ1n) is 13.1. The molecule has 2 aromatic carbocycles. The van der Waals surface area contributed by atoms with E-state index in [4.69, 9.17) is 0 Å². The first-order valence-corrected chi connectivity index (χ1v) is 13.1. The summed E-state index contributed by atoms with van der Waals surface area (Å²) in [5.74, 6) is 0.634. The molecule has 4 rings (SSSR count). The molecule has 0 bridgehead atoms. The van der Waals surface area contributed by atoms with E-state index in [2.05, 4.69) is 43.3 Å². The van der Waals surface area contributed by atoms with Crippen LogP contribution in [0.15, 0.2) is 65.6 Å². The number of anilines is 2. The maximum absolute atomic E-state index is 14.0. The van der Waals surface area contributed by atoms with Crippen LogP contribution >= 0.6 is 0 Å². The summed E-state index contributed by atoms with van der Waals surface area (Å²) < 4.78 is 1.61. The molecule has 0 aliphatic rings. The van der Waals surface area contributed by atoms with Gasteiger partial charge in [0.1, 0.15) is 17.1 Å². The van der Waals surface area contributed by atoms with Crippen molar-refractivity contribution in [3.05, 3.63) is 82.3 Å². The van der Waals surface area contributed by atoms with E-state index in [1.165, 1.54) is 0 Å². The molecule has 0 unspecified atom stereocenters. The Balaban J connectivity index is 1.90. The van der Waals surface area contributed by atoms with Crippen molar-refractivity contribution >= 4 is 28.4 Å². The topological polar surface area (TPSA) is 96.2 Å². The van der Waals surface area contributed by atoms with Crippen LogP contribution in [0.5, 0.6) is 5.75 Å². The van der Waals surface area contributed by atoms with E-state index in [9.17, 15) is 14.7 Å². The number of rotatable bonds is 7. The largest absolute Gasteiger partial charge is 0.508 e. The first kappa shape index (κ1) is 26.9. The van der Waals surface area contributed by atoms with E-state index in [1.54, 1.807) is 35.0 Å². The van der Waals surface area contributed by atoms with Gasteiger partial charge in [-0.05, 0) is 58.7 Å². The molecule has 0 saturated carbocycles. The zero-order valence-corrected chi connectivity index (χ0v) is 22.9. The molecule has 0 atom stereocenters. The fourth-order valence-corrected chi connectivity index (χ4v) is 4.85. The number of aromatic hydroxyl groups is 1. The summed E-state index contributed by atoms with van der Waals surface area (Å²) in [4.78, 5) is 32.0. The number of carbonyl (C=O) groups is 1. The molecule has 2 heterocycles. The Morgan fingerprint density at radius 3 is 2.13 bits per heavy atom. The predicted molar refractivity (Wildman–Crippen MR) is 155 cm³/mol. The van der Waals surface area contributed by atoms with Crippen LogP contribution in [0.4, 0.5) is 16.2 Å². The fourth-order valence-electron chi connectivity index (χ4n) is 4.85. The number of benzene rings is 2. The predicted octanol–water partition coefficient (Wildman–Crippen LogP) is 7.32. The summed E-state index contributed by atoms with van der Waals surface area (Å²) in [6.45, 7) is 12.8. The number of carbonyl (C=O) groups excluding carboxylic acids is 1. The molecule has 0 radical (unpaired) electrons. The van der Waals surface area contributed by atoms with Gasteiger partial charge >= 0.3 is 6.03 Å². The summed E-state index contributed by atoms with van der Waals surface area (Å²) in [6.07, 6.45) is 1.65. The lowest BCUT2D eigenvalue weighted by Gasteiger charge is -2.22. The van der Waals surface area contributed by atoms with Gasteiger partial charge in [0.2, 0.25) is 0 Å². The molecule has 7 heteroatoms. The number of hydrogen-bond acceptors (Lipinski definition) is 4. The van der Waals surface area contributed by atoms with Gasteiger partial charge in [-0.1, -0.05) is 71.9 Å². The van der Waals surface area contributed by atoms with Crippen molar-refractivity contribution in [3.8, 4) is 16.9 Å². The van der Waals surface area contributed by atoms with E-state index < -0.39 is 6.03 Å². The SMILES string of the molecule is CC(C)Cn1c(=O)c(NC(=O)Nc2c(C(C)C)cccc2C(C)C)c(-c2cccc(O)c2)c2cccnc21. The summed E-state index contributed by atoms with van der Waals surface area (Å²) in [6, 6.07) is 15.9. The maximum atomic E-state index is 14.0. The van der Waals surface area contributed by atoms with Crippen molar-refractivity contribution in [2.45, 2.75) is 59.9 Å². The molecule has 0 spiro atoms. The van der Waals surface area contributed by atoms with Crippen LogP contribution < -0.4 is 16.2 Å². The number of fused-ring (bicyclic) bond motifs is 1. The number of nitrogens with one attached hydrogen (secondary N) is 2. The molecule has 4 aromatic rings. The molecular weight excluding hydrogens is 476 g/mol. The summed E-state index contributed by atoms with van der Waals surface area (Å²) >= 11 is 0. The molecule has 3 N–H and O–H groups in total. The Kier molecular flexibility index (Phi) is 7.86. The number of phenolic OH excluding ortho intramolecular Hbond substituents is 1. The second-order valence-electron chi connectivity index (χ2n) is 10.7. The minimum atomic E-state index is -0.502. The van der Waals surface area contributed by atoms with Crippen LogP contribution in [0.2, 0.25) is 0 Å². The summed E-state index contributed by atoms with van der Waals surface area (Å²) in [7, 11) is 0. The minimum absolute atomic E-state index is 0.0636. The van der Waals surface area contributed by atoms with E-state index in [1.807, 2.05) is 44.2 Å². The number of urea groups is 1. The van der Waals surface area contributed by atoms with E-state index in [-0.39, 0.29) is 34.7 Å². The van der Waals surface area contributed by atoms with Gasteiger partial charge in [0.05, 0.1) is 0 Å². The number of amides is 2. The van der Waals surface area contributed by atoms with Crippen molar-refractivity contribution in [3.63, 3.8) is 0 Å². The molecule has 198 valence electrons. The number of pyridine rings is 2. The van der Waals surface area contributed by atoms with Crippen molar-refractivity contribution in [2.75, 3.05) is 10.6 Å². The van der Waals surface area contributed by atoms with Crippen LogP contribution in [0.3, 0.4) is 0 Å². The molecule has 2 amide bonds. The number of para-hydroxylation sites is 1. The Morgan fingerprint density at radius 2 is 1.53 bits per heavy atom. The Bertz CT molecular complexity index is 1510. The van der Waals surface area contributed by atoms with Crippen molar-refractivity contribution in [1.82, 2.24) is 9.55 Å². The Morgan fingerprint density at radius 1 is 0.895 bits per heavy atom. The lowest BCUT2D eigenvalue weighted by atomic mass is 9.93. The molecular formula is C31H36N4O3. The van der Waals surface area contributed by atoms with Crippen molar-refractivity contribution in [2.24, 2.45) is 5.92 Å². The maximum Gasteiger partial charge on any atom is 0.323 e. The van der Waals surface area contributed by atoms with Gasteiger partial charge < -0.3 is 15.7 Å². The minimum Gasteiger partial charge on any atom is -0.508 e. The average molecular weight is 513 g/mol. The highest BCUT2D eigenvalue weighted by Crippen LogP contribution is 2.36. The van der Waals surface area contributed by atoms with E-state index in [0.29, 0.717) is 28.7 Å². The zero-order chi connectivity index (χ0) is 27.6.